The van der Waals surface area contributed by atoms with E-state index < -0.39 is 0 Å². The van der Waals surface area contributed by atoms with Gasteiger partial charge in [0.25, 0.3) is 0 Å². The maximum atomic E-state index is 9.03. The first-order valence-electron chi connectivity index (χ1n) is 4.64. The van der Waals surface area contributed by atoms with Gasteiger partial charge in [0.15, 0.2) is 6.29 Å². The summed E-state index contributed by atoms with van der Waals surface area (Å²) in [5.41, 5.74) is 0. The summed E-state index contributed by atoms with van der Waals surface area (Å²) in [4.78, 5) is 0. The maximum Gasteiger partial charge on any atom is 0.158 e. The lowest BCUT2D eigenvalue weighted by molar-refractivity contribution is -0.240. The number of aliphatic hydroxyl groups is 1. The second-order valence-electron chi connectivity index (χ2n) is 3.96. The summed E-state index contributed by atoms with van der Waals surface area (Å²) in [7, 11) is 0. The summed E-state index contributed by atoms with van der Waals surface area (Å²) in [5.74, 6) is 0.894. The van der Waals surface area contributed by atoms with Crippen LogP contribution >= 0.6 is 0 Å². The Hall–Kier alpha value is -0.120. The van der Waals surface area contributed by atoms with E-state index in [2.05, 4.69) is 13.8 Å². The van der Waals surface area contributed by atoms with Crippen LogP contribution in [-0.4, -0.2) is 30.2 Å². The summed E-state index contributed by atoms with van der Waals surface area (Å²) in [6.45, 7) is 4.39. The molecule has 5 atom stereocenters. The number of hydrogen-bond donors (Lipinski definition) is 1. The molecule has 0 radical (unpaired) electrons. The minimum Gasteiger partial charge on any atom is -0.394 e. The molecule has 0 amide bonds. The van der Waals surface area contributed by atoms with E-state index in [-0.39, 0.29) is 19.0 Å². The minimum absolute atomic E-state index is 0.0151. The largest absolute Gasteiger partial charge is 0.394 e. The molecule has 0 aromatic heterocycles. The molecular formula is C9H16O3. The quantitative estimate of drug-likeness (QED) is 0.634. The lowest BCUT2D eigenvalue weighted by atomic mass is 9.90. The van der Waals surface area contributed by atoms with Crippen molar-refractivity contribution in [1.29, 1.82) is 0 Å². The van der Waals surface area contributed by atoms with Gasteiger partial charge < -0.3 is 14.6 Å². The average Bonchev–Trinajstić information content (AvgIpc) is 2.37. The van der Waals surface area contributed by atoms with Gasteiger partial charge in [-0.2, -0.15) is 0 Å². The van der Waals surface area contributed by atoms with Crippen molar-refractivity contribution in [1.82, 2.24) is 0 Å². The van der Waals surface area contributed by atoms with E-state index in [9.17, 15) is 0 Å². The first-order valence-corrected chi connectivity index (χ1v) is 4.64. The Morgan fingerprint density at radius 2 is 2.08 bits per heavy atom. The van der Waals surface area contributed by atoms with Gasteiger partial charge in [-0.05, 0) is 5.92 Å². The molecule has 0 aliphatic carbocycles. The normalized spacial score (nSPS) is 52.8. The molecule has 3 heteroatoms. The third-order valence-corrected chi connectivity index (χ3v) is 3.05. The highest BCUT2D eigenvalue weighted by molar-refractivity contribution is 4.88. The topological polar surface area (TPSA) is 38.7 Å². The van der Waals surface area contributed by atoms with Crippen LogP contribution in [0.1, 0.15) is 20.3 Å². The monoisotopic (exact) mass is 172 g/mol. The summed E-state index contributed by atoms with van der Waals surface area (Å²) in [6.07, 6.45) is 1.20. The third kappa shape index (κ3) is 1.16. The lowest BCUT2D eigenvalue weighted by Crippen LogP contribution is -2.42. The predicted octanol–water partition coefficient (Wildman–Crippen LogP) is 0.765. The first-order chi connectivity index (χ1) is 5.72. The van der Waals surface area contributed by atoms with Crippen LogP contribution in [0.4, 0.5) is 0 Å². The van der Waals surface area contributed by atoms with E-state index >= 15 is 0 Å². The van der Waals surface area contributed by atoms with Crippen molar-refractivity contribution in [3.05, 3.63) is 0 Å². The van der Waals surface area contributed by atoms with E-state index in [0.29, 0.717) is 17.9 Å². The summed E-state index contributed by atoms with van der Waals surface area (Å²) in [5, 5.41) is 9.03. The zero-order valence-electron chi connectivity index (χ0n) is 7.56. The molecule has 5 unspecified atom stereocenters. The molecule has 12 heavy (non-hydrogen) atoms. The van der Waals surface area contributed by atoms with Crippen LogP contribution in [-0.2, 0) is 9.47 Å². The molecule has 3 nitrogen and oxygen atoms in total. The second kappa shape index (κ2) is 2.98. The molecule has 2 bridgehead atoms. The summed E-state index contributed by atoms with van der Waals surface area (Å²) >= 11 is 0. The summed E-state index contributed by atoms with van der Waals surface area (Å²) < 4.78 is 11.2. The van der Waals surface area contributed by atoms with Crippen molar-refractivity contribution >= 4 is 0 Å². The van der Waals surface area contributed by atoms with Crippen molar-refractivity contribution in [2.45, 2.75) is 38.8 Å². The molecule has 0 spiro atoms. The molecule has 2 fully saturated rings. The maximum absolute atomic E-state index is 9.03. The number of hydrogen-bond acceptors (Lipinski definition) is 3. The zero-order valence-corrected chi connectivity index (χ0v) is 7.56. The van der Waals surface area contributed by atoms with Crippen LogP contribution in [0.3, 0.4) is 0 Å². The van der Waals surface area contributed by atoms with E-state index in [1.54, 1.807) is 0 Å². The van der Waals surface area contributed by atoms with Gasteiger partial charge >= 0.3 is 0 Å². The molecule has 1 N–H and O–H groups in total. The Morgan fingerprint density at radius 1 is 1.33 bits per heavy atom. The highest BCUT2D eigenvalue weighted by Gasteiger charge is 2.45. The highest BCUT2D eigenvalue weighted by Crippen LogP contribution is 2.38. The van der Waals surface area contributed by atoms with Crippen molar-refractivity contribution in [2.24, 2.45) is 11.8 Å². The van der Waals surface area contributed by atoms with E-state index in [1.165, 1.54) is 0 Å². The number of aliphatic hydroxyl groups excluding tert-OH is 1. The van der Waals surface area contributed by atoms with Crippen LogP contribution in [0.5, 0.6) is 0 Å². The smallest absolute Gasteiger partial charge is 0.158 e. The molecule has 2 heterocycles. The van der Waals surface area contributed by atoms with E-state index in [4.69, 9.17) is 14.6 Å². The molecule has 0 aromatic rings. The fourth-order valence-electron chi connectivity index (χ4n) is 2.27. The van der Waals surface area contributed by atoms with Crippen molar-refractivity contribution in [3.8, 4) is 0 Å². The number of ether oxygens (including phenoxy) is 2. The van der Waals surface area contributed by atoms with Crippen molar-refractivity contribution < 1.29 is 14.6 Å². The first kappa shape index (κ1) is 8.48. The lowest BCUT2D eigenvalue weighted by Gasteiger charge is -2.34. The van der Waals surface area contributed by atoms with Gasteiger partial charge in [0, 0.05) is 12.3 Å². The molecule has 2 aliphatic rings. The van der Waals surface area contributed by atoms with Crippen LogP contribution in [0, 0.1) is 11.8 Å². The van der Waals surface area contributed by atoms with Gasteiger partial charge in [-0.25, -0.2) is 0 Å². The van der Waals surface area contributed by atoms with Crippen LogP contribution < -0.4 is 0 Å². The molecule has 0 saturated carbocycles. The van der Waals surface area contributed by atoms with Gasteiger partial charge in [0.2, 0.25) is 0 Å². The molecule has 70 valence electrons. The van der Waals surface area contributed by atoms with E-state index in [1.807, 2.05) is 0 Å². The molecule has 2 aliphatic heterocycles. The third-order valence-electron chi connectivity index (χ3n) is 3.05. The van der Waals surface area contributed by atoms with Gasteiger partial charge in [-0.3, -0.25) is 0 Å². The van der Waals surface area contributed by atoms with Gasteiger partial charge in [0.05, 0.1) is 18.8 Å². The van der Waals surface area contributed by atoms with Crippen LogP contribution in [0.25, 0.3) is 0 Å². The van der Waals surface area contributed by atoms with Crippen LogP contribution in [0.2, 0.25) is 0 Å². The molecule has 0 aromatic carbocycles. The molecular weight excluding hydrogens is 156 g/mol. The molecule has 2 rings (SSSR count). The average molecular weight is 172 g/mol. The Morgan fingerprint density at radius 3 is 2.75 bits per heavy atom. The summed E-state index contributed by atoms with van der Waals surface area (Å²) in [6, 6.07) is 0. The fourth-order valence-corrected chi connectivity index (χ4v) is 2.27. The zero-order chi connectivity index (χ0) is 8.72. The minimum atomic E-state index is -0.0571. The van der Waals surface area contributed by atoms with Crippen LogP contribution in [0.15, 0.2) is 0 Å². The number of rotatable bonds is 1. The standard InChI is InChI=1S/C9H16O3/c1-5-3-8-11-7(4-10)6(2)9(5)12-8/h5-10H,3-4H2,1-2H3. The Balaban J connectivity index is 2.10. The molecule has 2 saturated heterocycles. The van der Waals surface area contributed by atoms with Gasteiger partial charge in [-0.1, -0.05) is 13.8 Å². The Bertz CT molecular complexity index is 171. The van der Waals surface area contributed by atoms with E-state index in [0.717, 1.165) is 6.42 Å². The SMILES string of the molecule is CC1CC2OC(CO)C(C)C1O2. The van der Waals surface area contributed by atoms with Gasteiger partial charge in [-0.15, -0.1) is 0 Å². The Kier molecular flexibility index (Phi) is 2.10. The predicted molar refractivity (Wildman–Crippen MR) is 43.6 cm³/mol. The Labute approximate surface area is 72.7 Å². The van der Waals surface area contributed by atoms with Crippen molar-refractivity contribution in [2.75, 3.05) is 6.61 Å². The number of fused-ring (bicyclic) bond motifs is 2. The second-order valence-corrected chi connectivity index (χ2v) is 3.96. The van der Waals surface area contributed by atoms with Gasteiger partial charge in [0.1, 0.15) is 0 Å². The highest BCUT2D eigenvalue weighted by atomic mass is 16.7. The fraction of sp³-hybridized carbons (Fsp3) is 1.00. The van der Waals surface area contributed by atoms with Crippen molar-refractivity contribution in [3.63, 3.8) is 0 Å².